The number of pyridine rings is 1. The summed E-state index contributed by atoms with van der Waals surface area (Å²) in [4.78, 5) is 3.92. The van der Waals surface area contributed by atoms with Gasteiger partial charge in [-0.2, -0.15) is 0 Å². The van der Waals surface area contributed by atoms with E-state index in [-0.39, 0.29) is 12.6 Å². The maximum atomic E-state index is 8.74. The Labute approximate surface area is 72.5 Å². The Morgan fingerprint density at radius 3 is 2.75 bits per heavy atom. The SMILES string of the molecule is C[C@@H](CO)NCc1ccncc1. The van der Waals surface area contributed by atoms with Crippen LogP contribution in [0, 0.1) is 0 Å². The Kier molecular flexibility index (Phi) is 3.70. The summed E-state index contributed by atoms with van der Waals surface area (Å²) in [6.45, 7) is 2.90. The molecule has 3 nitrogen and oxygen atoms in total. The average molecular weight is 166 g/mol. The molecule has 1 aromatic rings. The van der Waals surface area contributed by atoms with Gasteiger partial charge in [-0.25, -0.2) is 0 Å². The summed E-state index contributed by atoms with van der Waals surface area (Å²) in [6, 6.07) is 4.06. The zero-order valence-corrected chi connectivity index (χ0v) is 7.20. The van der Waals surface area contributed by atoms with E-state index in [1.165, 1.54) is 5.56 Å². The zero-order chi connectivity index (χ0) is 8.81. The van der Waals surface area contributed by atoms with Crippen molar-refractivity contribution in [3.05, 3.63) is 30.1 Å². The Balaban J connectivity index is 2.33. The van der Waals surface area contributed by atoms with Gasteiger partial charge in [0.15, 0.2) is 0 Å². The highest BCUT2D eigenvalue weighted by molar-refractivity contribution is 5.09. The van der Waals surface area contributed by atoms with Crippen LogP contribution in [0.5, 0.6) is 0 Å². The topological polar surface area (TPSA) is 45.1 Å². The van der Waals surface area contributed by atoms with E-state index in [0.717, 1.165) is 6.54 Å². The third-order valence-electron chi connectivity index (χ3n) is 1.68. The number of nitrogens with zero attached hydrogens (tertiary/aromatic N) is 1. The summed E-state index contributed by atoms with van der Waals surface area (Å²) in [7, 11) is 0. The number of aromatic nitrogens is 1. The van der Waals surface area contributed by atoms with Crippen LogP contribution in [0.3, 0.4) is 0 Å². The first-order valence-corrected chi connectivity index (χ1v) is 4.06. The van der Waals surface area contributed by atoms with Gasteiger partial charge in [-0.15, -0.1) is 0 Å². The molecule has 1 aromatic heterocycles. The molecule has 0 aliphatic rings. The van der Waals surface area contributed by atoms with Gasteiger partial charge in [-0.1, -0.05) is 0 Å². The molecule has 0 saturated heterocycles. The molecular weight excluding hydrogens is 152 g/mol. The molecule has 0 unspecified atom stereocenters. The second kappa shape index (κ2) is 4.85. The third-order valence-corrected chi connectivity index (χ3v) is 1.68. The van der Waals surface area contributed by atoms with Crippen LogP contribution in [0.2, 0.25) is 0 Å². The molecule has 1 atom stereocenters. The molecule has 0 bridgehead atoms. The van der Waals surface area contributed by atoms with E-state index in [1.807, 2.05) is 19.1 Å². The highest BCUT2D eigenvalue weighted by Gasteiger charge is 1.97. The predicted octanol–water partition coefficient (Wildman–Crippen LogP) is 0.552. The van der Waals surface area contributed by atoms with Crippen LogP contribution in [-0.4, -0.2) is 22.7 Å². The van der Waals surface area contributed by atoms with Crippen LogP contribution in [0.15, 0.2) is 24.5 Å². The van der Waals surface area contributed by atoms with E-state index in [4.69, 9.17) is 5.11 Å². The van der Waals surface area contributed by atoms with E-state index >= 15 is 0 Å². The first kappa shape index (κ1) is 9.16. The molecule has 3 heteroatoms. The maximum Gasteiger partial charge on any atom is 0.0582 e. The lowest BCUT2D eigenvalue weighted by atomic mass is 10.2. The van der Waals surface area contributed by atoms with Crippen LogP contribution in [-0.2, 0) is 6.54 Å². The second-order valence-electron chi connectivity index (χ2n) is 2.82. The lowest BCUT2D eigenvalue weighted by Gasteiger charge is -2.09. The Bertz CT molecular complexity index is 213. The summed E-state index contributed by atoms with van der Waals surface area (Å²) in [5.74, 6) is 0. The summed E-state index contributed by atoms with van der Waals surface area (Å²) in [5.41, 5.74) is 1.19. The fourth-order valence-electron chi connectivity index (χ4n) is 0.857. The number of aliphatic hydroxyl groups excluding tert-OH is 1. The second-order valence-corrected chi connectivity index (χ2v) is 2.82. The van der Waals surface area contributed by atoms with Crippen molar-refractivity contribution in [2.45, 2.75) is 19.5 Å². The van der Waals surface area contributed by atoms with Gasteiger partial charge in [0.1, 0.15) is 0 Å². The largest absolute Gasteiger partial charge is 0.395 e. The number of aliphatic hydroxyl groups is 1. The molecule has 66 valence electrons. The first-order chi connectivity index (χ1) is 5.83. The summed E-state index contributed by atoms with van der Waals surface area (Å²) < 4.78 is 0. The molecule has 0 aliphatic carbocycles. The van der Waals surface area contributed by atoms with Gasteiger partial charge in [-0.3, -0.25) is 4.98 Å². The molecule has 0 amide bonds. The standard InChI is InChI=1S/C9H14N2O/c1-8(7-12)11-6-9-2-4-10-5-3-9/h2-5,8,11-12H,6-7H2,1H3/t8-/m0/s1. The number of hydrogen-bond donors (Lipinski definition) is 2. The van der Waals surface area contributed by atoms with E-state index in [2.05, 4.69) is 10.3 Å². The van der Waals surface area contributed by atoms with Crippen molar-refractivity contribution in [2.75, 3.05) is 6.61 Å². The predicted molar refractivity (Wildman–Crippen MR) is 47.6 cm³/mol. The van der Waals surface area contributed by atoms with Crippen molar-refractivity contribution in [1.29, 1.82) is 0 Å². The normalized spacial score (nSPS) is 12.8. The Hall–Kier alpha value is -0.930. The van der Waals surface area contributed by atoms with Crippen LogP contribution >= 0.6 is 0 Å². The van der Waals surface area contributed by atoms with Crippen molar-refractivity contribution in [2.24, 2.45) is 0 Å². The molecule has 0 fully saturated rings. The molecule has 12 heavy (non-hydrogen) atoms. The van der Waals surface area contributed by atoms with Crippen molar-refractivity contribution >= 4 is 0 Å². The third kappa shape index (κ3) is 2.98. The Morgan fingerprint density at radius 1 is 1.50 bits per heavy atom. The number of hydrogen-bond acceptors (Lipinski definition) is 3. The molecule has 0 aromatic carbocycles. The van der Waals surface area contributed by atoms with Gasteiger partial charge in [0, 0.05) is 25.0 Å². The average Bonchev–Trinajstić information content (AvgIpc) is 2.16. The van der Waals surface area contributed by atoms with Crippen LogP contribution in [0.1, 0.15) is 12.5 Å². The molecule has 2 N–H and O–H groups in total. The molecule has 1 rings (SSSR count). The van der Waals surface area contributed by atoms with Gasteiger partial charge >= 0.3 is 0 Å². The molecule has 0 aliphatic heterocycles. The maximum absolute atomic E-state index is 8.74. The van der Waals surface area contributed by atoms with Crippen molar-refractivity contribution in [3.8, 4) is 0 Å². The van der Waals surface area contributed by atoms with Gasteiger partial charge in [0.05, 0.1) is 6.61 Å². The first-order valence-electron chi connectivity index (χ1n) is 4.06. The van der Waals surface area contributed by atoms with E-state index < -0.39 is 0 Å². The van der Waals surface area contributed by atoms with Crippen LogP contribution < -0.4 is 5.32 Å². The van der Waals surface area contributed by atoms with Crippen molar-refractivity contribution in [3.63, 3.8) is 0 Å². The smallest absolute Gasteiger partial charge is 0.0582 e. The quantitative estimate of drug-likeness (QED) is 0.686. The van der Waals surface area contributed by atoms with Crippen molar-refractivity contribution in [1.82, 2.24) is 10.3 Å². The van der Waals surface area contributed by atoms with Crippen molar-refractivity contribution < 1.29 is 5.11 Å². The summed E-state index contributed by atoms with van der Waals surface area (Å²) >= 11 is 0. The molecule has 1 heterocycles. The van der Waals surface area contributed by atoms with E-state index in [1.54, 1.807) is 12.4 Å². The molecule has 0 radical (unpaired) electrons. The van der Waals surface area contributed by atoms with Gasteiger partial charge < -0.3 is 10.4 Å². The minimum absolute atomic E-state index is 0.151. The molecular formula is C9H14N2O. The summed E-state index contributed by atoms with van der Waals surface area (Å²) in [5, 5.41) is 11.9. The molecule has 0 spiro atoms. The zero-order valence-electron chi connectivity index (χ0n) is 7.20. The van der Waals surface area contributed by atoms with Gasteiger partial charge in [0.2, 0.25) is 0 Å². The monoisotopic (exact) mass is 166 g/mol. The highest BCUT2D eigenvalue weighted by atomic mass is 16.3. The van der Waals surface area contributed by atoms with Crippen LogP contribution in [0.4, 0.5) is 0 Å². The van der Waals surface area contributed by atoms with Gasteiger partial charge in [0.25, 0.3) is 0 Å². The minimum Gasteiger partial charge on any atom is -0.395 e. The lowest BCUT2D eigenvalue weighted by Crippen LogP contribution is -2.28. The number of rotatable bonds is 4. The lowest BCUT2D eigenvalue weighted by molar-refractivity contribution is 0.251. The minimum atomic E-state index is 0.151. The van der Waals surface area contributed by atoms with Gasteiger partial charge in [-0.05, 0) is 24.6 Å². The highest BCUT2D eigenvalue weighted by Crippen LogP contribution is 1.95. The fraction of sp³-hybridized carbons (Fsp3) is 0.444. The fourth-order valence-corrected chi connectivity index (χ4v) is 0.857. The molecule has 0 saturated carbocycles. The Morgan fingerprint density at radius 2 is 2.17 bits per heavy atom. The number of nitrogens with one attached hydrogen (secondary N) is 1. The summed E-state index contributed by atoms with van der Waals surface area (Å²) in [6.07, 6.45) is 3.53. The van der Waals surface area contributed by atoms with E-state index in [9.17, 15) is 0 Å². The van der Waals surface area contributed by atoms with E-state index in [0.29, 0.717) is 0 Å². The van der Waals surface area contributed by atoms with Crippen LogP contribution in [0.25, 0.3) is 0 Å².